The van der Waals surface area contributed by atoms with E-state index in [0.717, 1.165) is 35.7 Å². The van der Waals surface area contributed by atoms with Crippen LogP contribution in [0, 0.1) is 0 Å². The van der Waals surface area contributed by atoms with Crippen LogP contribution < -0.4 is 5.32 Å². The molecule has 0 aliphatic carbocycles. The highest BCUT2D eigenvalue weighted by molar-refractivity contribution is 9.10. The highest BCUT2D eigenvalue weighted by atomic mass is 79.9. The van der Waals surface area contributed by atoms with E-state index in [1.54, 1.807) is 0 Å². The quantitative estimate of drug-likeness (QED) is 0.871. The van der Waals surface area contributed by atoms with Crippen molar-refractivity contribution in [1.29, 1.82) is 0 Å². The average Bonchev–Trinajstić information content (AvgIpc) is 2.98. The summed E-state index contributed by atoms with van der Waals surface area (Å²) in [5.41, 5.74) is 1.30. The molecule has 20 heavy (non-hydrogen) atoms. The van der Waals surface area contributed by atoms with Gasteiger partial charge in [-0.2, -0.15) is 0 Å². The maximum Gasteiger partial charge on any atom is 0.0697 e. The minimum absolute atomic E-state index is 0.325. The van der Waals surface area contributed by atoms with Gasteiger partial charge in [0.2, 0.25) is 0 Å². The van der Waals surface area contributed by atoms with E-state index < -0.39 is 0 Å². The van der Waals surface area contributed by atoms with Gasteiger partial charge in [0.15, 0.2) is 0 Å². The fraction of sp³-hybridized carbons (Fsp3) is 0.333. The summed E-state index contributed by atoms with van der Waals surface area (Å²) in [4.78, 5) is 3.93. The smallest absolute Gasteiger partial charge is 0.0697 e. The molecule has 0 bridgehead atoms. The zero-order chi connectivity index (χ0) is 13.9. The molecule has 0 unspecified atom stereocenters. The molecule has 2 aromatic rings. The number of piperazine rings is 1. The predicted molar refractivity (Wildman–Crippen MR) is 89.8 cm³/mol. The molecular formula is C15H16BrClN2S. The fourth-order valence-electron chi connectivity index (χ4n) is 2.62. The molecule has 1 aromatic carbocycles. The first-order valence-electron chi connectivity index (χ1n) is 6.69. The molecular weight excluding hydrogens is 356 g/mol. The van der Waals surface area contributed by atoms with Gasteiger partial charge in [0, 0.05) is 35.5 Å². The SMILES string of the molecule is Clc1ccc([C@@H](c2cccs2)N2CCNCC2)cc1Br. The number of hydrogen-bond donors (Lipinski definition) is 1. The standard InChI is InChI=1S/C15H16BrClN2S/c16-12-10-11(3-4-13(12)17)15(14-2-1-9-20-14)19-7-5-18-6-8-19/h1-4,9-10,15,18H,5-8H2/t15-/m0/s1. The minimum atomic E-state index is 0.325. The minimum Gasteiger partial charge on any atom is -0.314 e. The lowest BCUT2D eigenvalue weighted by molar-refractivity contribution is 0.200. The number of benzene rings is 1. The Morgan fingerprint density at radius 2 is 2.05 bits per heavy atom. The molecule has 1 fully saturated rings. The molecule has 0 amide bonds. The summed E-state index contributed by atoms with van der Waals surface area (Å²) in [6.45, 7) is 4.25. The van der Waals surface area contributed by atoms with Crippen LogP contribution >= 0.6 is 38.9 Å². The average molecular weight is 372 g/mol. The van der Waals surface area contributed by atoms with Crippen molar-refractivity contribution in [2.75, 3.05) is 26.2 Å². The zero-order valence-corrected chi connectivity index (χ0v) is 14.1. The van der Waals surface area contributed by atoms with Crippen LogP contribution in [0.2, 0.25) is 5.02 Å². The van der Waals surface area contributed by atoms with E-state index in [4.69, 9.17) is 11.6 Å². The second-order valence-electron chi connectivity index (χ2n) is 4.88. The van der Waals surface area contributed by atoms with Gasteiger partial charge in [0.05, 0.1) is 11.1 Å². The molecule has 1 N–H and O–H groups in total. The van der Waals surface area contributed by atoms with Gasteiger partial charge in [-0.05, 0) is 45.1 Å². The Kier molecular flexibility index (Phi) is 4.79. The maximum atomic E-state index is 6.13. The first-order valence-corrected chi connectivity index (χ1v) is 8.74. The lowest BCUT2D eigenvalue weighted by Gasteiger charge is -2.35. The van der Waals surface area contributed by atoms with Crippen molar-refractivity contribution in [2.45, 2.75) is 6.04 Å². The van der Waals surface area contributed by atoms with Gasteiger partial charge in [-0.3, -0.25) is 4.90 Å². The Morgan fingerprint density at radius 3 is 2.70 bits per heavy atom. The summed E-state index contributed by atoms with van der Waals surface area (Å²) in [5.74, 6) is 0. The number of rotatable bonds is 3. The van der Waals surface area contributed by atoms with Crippen molar-refractivity contribution in [1.82, 2.24) is 10.2 Å². The summed E-state index contributed by atoms with van der Waals surface area (Å²) in [6, 6.07) is 10.9. The lowest BCUT2D eigenvalue weighted by Crippen LogP contribution is -2.45. The Morgan fingerprint density at radius 1 is 1.25 bits per heavy atom. The molecule has 1 aliphatic rings. The van der Waals surface area contributed by atoms with Crippen molar-refractivity contribution < 1.29 is 0 Å². The Labute approximate surface area is 136 Å². The third-order valence-corrected chi connectivity index (χ3v) is 5.73. The zero-order valence-electron chi connectivity index (χ0n) is 11.0. The Hall–Kier alpha value is -0.390. The number of halogens is 2. The Bertz CT molecular complexity index is 567. The third-order valence-electron chi connectivity index (χ3n) is 3.59. The van der Waals surface area contributed by atoms with E-state index in [1.807, 2.05) is 17.4 Å². The van der Waals surface area contributed by atoms with Crippen LogP contribution in [-0.2, 0) is 0 Å². The number of thiophene rings is 1. The van der Waals surface area contributed by atoms with Gasteiger partial charge < -0.3 is 5.32 Å². The molecule has 2 heterocycles. The fourth-order valence-corrected chi connectivity index (χ4v) is 4.02. The molecule has 0 spiro atoms. The van der Waals surface area contributed by atoms with Gasteiger partial charge in [-0.15, -0.1) is 11.3 Å². The predicted octanol–water partition coefficient (Wildman–Crippen LogP) is 4.16. The molecule has 0 saturated carbocycles. The summed E-state index contributed by atoms with van der Waals surface area (Å²) in [6.07, 6.45) is 0. The summed E-state index contributed by atoms with van der Waals surface area (Å²) in [5, 5.41) is 6.33. The van der Waals surface area contributed by atoms with Gasteiger partial charge in [-0.1, -0.05) is 23.7 Å². The molecule has 2 nitrogen and oxygen atoms in total. The van der Waals surface area contributed by atoms with E-state index in [2.05, 4.69) is 55.8 Å². The monoisotopic (exact) mass is 370 g/mol. The Balaban J connectivity index is 1.98. The van der Waals surface area contributed by atoms with Crippen molar-refractivity contribution in [3.05, 3.63) is 55.6 Å². The van der Waals surface area contributed by atoms with Crippen LogP contribution in [0.15, 0.2) is 40.2 Å². The van der Waals surface area contributed by atoms with Crippen LogP contribution in [0.4, 0.5) is 0 Å². The topological polar surface area (TPSA) is 15.3 Å². The van der Waals surface area contributed by atoms with Crippen molar-refractivity contribution in [3.8, 4) is 0 Å². The number of nitrogens with zero attached hydrogens (tertiary/aromatic N) is 1. The van der Waals surface area contributed by atoms with Crippen LogP contribution in [0.25, 0.3) is 0 Å². The molecule has 106 valence electrons. The summed E-state index contributed by atoms with van der Waals surface area (Å²) >= 11 is 11.5. The highest BCUT2D eigenvalue weighted by Gasteiger charge is 2.24. The van der Waals surface area contributed by atoms with Gasteiger partial charge in [-0.25, -0.2) is 0 Å². The number of hydrogen-bond acceptors (Lipinski definition) is 3. The van der Waals surface area contributed by atoms with Gasteiger partial charge in [0.1, 0.15) is 0 Å². The van der Waals surface area contributed by atoms with E-state index >= 15 is 0 Å². The van der Waals surface area contributed by atoms with E-state index in [1.165, 1.54) is 10.4 Å². The first-order chi connectivity index (χ1) is 9.75. The molecule has 1 atom stereocenters. The summed E-state index contributed by atoms with van der Waals surface area (Å²) in [7, 11) is 0. The first kappa shape index (κ1) is 14.5. The number of nitrogens with one attached hydrogen (secondary N) is 1. The van der Waals surface area contributed by atoms with Crippen molar-refractivity contribution >= 4 is 38.9 Å². The van der Waals surface area contributed by atoms with Crippen LogP contribution in [0.1, 0.15) is 16.5 Å². The second-order valence-corrected chi connectivity index (χ2v) is 7.12. The molecule has 1 aromatic heterocycles. The molecule has 1 saturated heterocycles. The molecule has 5 heteroatoms. The van der Waals surface area contributed by atoms with Crippen molar-refractivity contribution in [2.24, 2.45) is 0 Å². The second kappa shape index (κ2) is 6.58. The lowest BCUT2D eigenvalue weighted by atomic mass is 10.0. The van der Waals surface area contributed by atoms with Crippen molar-refractivity contribution in [3.63, 3.8) is 0 Å². The van der Waals surface area contributed by atoms with E-state index in [0.29, 0.717) is 6.04 Å². The van der Waals surface area contributed by atoms with Crippen LogP contribution in [-0.4, -0.2) is 31.1 Å². The molecule has 0 radical (unpaired) electrons. The van der Waals surface area contributed by atoms with Crippen LogP contribution in [0.3, 0.4) is 0 Å². The highest BCUT2D eigenvalue weighted by Crippen LogP contribution is 2.35. The third kappa shape index (κ3) is 3.10. The van der Waals surface area contributed by atoms with Crippen LogP contribution in [0.5, 0.6) is 0 Å². The van der Waals surface area contributed by atoms with Gasteiger partial charge in [0.25, 0.3) is 0 Å². The van der Waals surface area contributed by atoms with E-state index in [9.17, 15) is 0 Å². The van der Waals surface area contributed by atoms with E-state index in [-0.39, 0.29) is 0 Å². The molecule has 3 rings (SSSR count). The molecule has 1 aliphatic heterocycles. The van der Waals surface area contributed by atoms with Gasteiger partial charge >= 0.3 is 0 Å². The normalized spacial score (nSPS) is 18.1. The largest absolute Gasteiger partial charge is 0.314 e. The summed E-state index contributed by atoms with van der Waals surface area (Å²) < 4.78 is 0.966. The maximum absolute atomic E-state index is 6.13.